The average Bonchev–Trinajstić information content (AvgIpc) is 2.70. The Hall–Kier alpha value is -3.48. The third-order valence-corrected chi connectivity index (χ3v) is 4.25. The second kappa shape index (κ2) is 8.26. The molecule has 3 aromatic rings. The first kappa shape index (κ1) is 20.3. The van der Waals surface area contributed by atoms with E-state index in [9.17, 15) is 23.1 Å². The monoisotopic (exact) mass is 400 g/mol. The van der Waals surface area contributed by atoms with Gasteiger partial charge in [-0.2, -0.15) is 13.2 Å². The first-order chi connectivity index (χ1) is 13.8. The Bertz CT molecular complexity index is 989. The van der Waals surface area contributed by atoms with E-state index < -0.39 is 23.6 Å². The van der Waals surface area contributed by atoms with Gasteiger partial charge in [-0.25, -0.2) is 4.79 Å². The van der Waals surface area contributed by atoms with E-state index in [-0.39, 0.29) is 17.7 Å². The minimum Gasteiger partial charge on any atom is -0.410 e. The molecular formula is C22H17F3NO3. The van der Waals surface area contributed by atoms with Gasteiger partial charge in [0.05, 0.1) is 12.1 Å². The number of nitrogens with zero attached hydrogens (tertiary/aromatic N) is 1. The van der Waals surface area contributed by atoms with Gasteiger partial charge in [0.2, 0.25) is 0 Å². The SMILES string of the molecule is CN(Cc1cc(C(F)(F)F)cc(-c2ccccc2)c1[O])C(=O)Oc1ccccc1. The fourth-order valence-corrected chi connectivity index (χ4v) is 2.79. The minimum atomic E-state index is -4.63. The molecule has 29 heavy (non-hydrogen) atoms. The van der Waals surface area contributed by atoms with Crippen LogP contribution in [-0.2, 0) is 17.8 Å². The molecule has 0 unspecified atom stereocenters. The highest BCUT2D eigenvalue weighted by Gasteiger charge is 2.33. The van der Waals surface area contributed by atoms with Gasteiger partial charge < -0.3 is 9.64 Å². The summed E-state index contributed by atoms with van der Waals surface area (Å²) < 4.78 is 45.3. The molecule has 0 aliphatic rings. The maximum atomic E-state index is 13.4. The van der Waals surface area contributed by atoms with E-state index in [1.54, 1.807) is 60.7 Å². The van der Waals surface area contributed by atoms with Gasteiger partial charge in [0.25, 0.3) is 0 Å². The van der Waals surface area contributed by atoms with E-state index in [0.717, 1.165) is 17.0 Å². The van der Waals surface area contributed by atoms with Gasteiger partial charge in [-0.15, -0.1) is 0 Å². The molecule has 149 valence electrons. The number of hydrogen-bond donors (Lipinski definition) is 0. The van der Waals surface area contributed by atoms with Gasteiger partial charge in [-0.3, -0.25) is 5.11 Å². The van der Waals surface area contributed by atoms with Crippen molar-refractivity contribution in [3.05, 3.63) is 83.9 Å². The zero-order valence-electron chi connectivity index (χ0n) is 15.4. The van der Waals surface area contributed by atoms with E-state index in [1.807, 2.05) is 0 Å². The predicted molar refractivity (Wildman–Crippen MR) is 101 cm³/mol. The van der Waals surface area contributed by atoms with Crippen molar-refractivity contribution >= 4 is 6.09 Å². The molecule has 0 bridgehead atoms. The average molecular weight is 400 g/mol. The molecule has 7 heteroatoms. The van der Waals surface area contributed by atoms with Crippen LogP contribution in [0.5, 0.6) is 11.5 Å². The molecule has 0 saturated carbocycles. The molecule has 3 rings (SSSR count). The molecule has 0 atom stereocenters. The number of carbonyl (C=O) groups is 1. The van der Waals surface area contributed by atoms with Crippen LogP contribution < -0.4 is 4.74 Å². The lowest BCUT2D eigenvalue weighted by Crippen LogP contribution is -2.29. The molecule has 4 nitrogen and oxygen atoms in total. The highest BCUT2D eigenvalue weighted by Crippen LogP contribution is 2.40. The highest BCUT2D eigenvalue weighted by molar-refractivity contribution is 5.74. The van der Waals surface area contributed by atoms with Crippen LogP contribution in [0.25, 0.3) is 11.1 Å². The zero-order chi connectivity index (χ0) is 21.0. The lowest BCUT2D eigenvalue weighted by molar-refractivity contribution is -0.137. The number of alkyl halides is 3. The van der Waals surface area contributed by atoms with Crippen molar-refractivity contribution in [2.24, 2.45) is 0 Å². The van der Waals surface area contributed by atoms with Gasteiger partial charge in [-0.1, -0.05) is 48.5 Å². The summed E-state index contributed by atoms with van der Waals surface area (Å²) in [5.41, 5.74) is -0.790. The first-order valence-corrected chi connectivity index (χ1v) is 8.70. The van der Waals surface area contributed by atoms with E-state index in [0.29, 0.717) is 11.3 Å². The molecule has 0 fully saturated rings. The number of rotatable bonds is 4. The number of benzene rings is 3. The second-order valence-corrected chi connectivity index (χ2v) is 6.41. The molecular weight excluding hydrogens is 383 g/mol. The molecule has 0 aromatic heterocycles. The summed E-state index contributed by atoms with van der Waals surface area (Å²) in [5.74, 6) is -0.274. The molecule has 0 N–H and O–H groups in total. The Morgan fingerprint density at radius 3 is 2.14 bits per heavy atom. The van der Waals surface area contributed by atoms with E-state index in [2.05, 4.69) is 0 Å². The largest absolute Gasteiger partial charge is 0.416 e. The van der Waals surface area contributed by atoms with Crippen molar-refractivity contribution in [2.75, 3.05) is 7.05 Å². The van der Waals surface area contributed by atoms with Gasteiger partial charge in [-0.05, 0) is 29.8 Å². The fraction of sp³-hybridized carbons (Fsp3) is 0.136. The molecule has 0 heterocycles. The van der Waals surface area contributed by atoms with Gasteiger partial charge >= 0.3 is 12.3 Å². The topological polar surface area (TPSA) is 49.4 Å². The van der Waals surface area contributed by atoms with Crippen LogP contribution in [0, 0.1) is 0 Å². The summed E-state index contributed by atoms with van der Waals surface area (Å²) in [7, 11) is 1.35. The summed E-state index contributed by atoms with van der Waals surface area (Å²) >= 11 is 0. The van der Waals surface area contributed by atoms with Crippen LogP contribution in [0.1, 0.15) is 11.1 Å². The van der Waals surface area contributed by atoms with Crippen molar-refractivity contribution in [1.82, 2.24) is 4.90 Å². The third-order valence-electron chi connectivity index (χ3n) is 4.25. The molecule has 1 radical (unpaired) electrons. The molecule has 0 saturated heterocycles. The van der Waals surface area contributed by atoms with Crippen LogP contribution >= 0.6 is 0 Å². The summed E-state index contributed by atoms with van der Waals surface area (Å²) in [5, 5.41) is 12.8. The zero-order valence-corrected chi connectivity index (χ0v) is 15.4. The summed E-state index contributed by atoms with van der Waals surface area (Å²) in [6.45, 7) is -0.325. The third kappa shape index (κ3) is 4.87. The molecule has 0 spiro atoms. The summed E-state index contributed by atoms with van der Waals surface area (Å²) in [6.07, 6.45) is -5.41. The quantitative estimate of drug-likeness (QED) is 0.528. The van der Waals surface area contributed by atoms with Gasteiger partial charge in [0.1, 0.15) is 5.75 Å². The maximum absolute atomic E-state index is 13.4. The molecule has 0 aliphatic heterocycles. The van der Waals surface area contributed by atoms with Crippen molar-refractivity contribution in [3.8, 4) is 22.6 Å². The van der Waals surface area contributed by atoms with Crippen molar-refractivity contribution in [2.45, 2.75) is 12.7 Å². The van der Waals surface area contributed by atoms with Crippen molar-refractivity contribution in [3.63, 3.8) is 0 Å². The summed E-state index contributed by atoms with van der Waals surface area (Å²) in [4.78, 5) is 13.3. The smallest absolute Gasteiger partial charge is 0.410 e. The Balaban J connectivity index is 1.92. The predicted octanol–water partition coefficient (Wildman–Crippen LogP) is 6.15. The Kier molecular flexibility index (Phi) is 5.77. The first-order valence-electron chi connectivity index (χ1n) is 8.70. The van der Waals surface area contributed by atoms with Crippen molar-refractivity contribution < 1.29 is 27.8 Å². The lowest BCUT2D eigenvalue weighted by Gasteiger charge is -2.19. The Morgan fingerprint density at radius 1 is 0.966 bits per heavy atom. The number of carbonyl (C=O) groups excluding carboxylic acids is 1. The molecule has 0 aliphatic carbocycles. The standard InChI is InChI=1S/C22H17F3NO3/c1-26(21(28)29-18-10-6-3-7-11-18)14-16-12-17(22(23,24)25)13-19(20(16)27)15-8-4-2-5-9-15/h2-13H,14H2,1H3. The van der Waals surface area contributed by atoms with Gasteiger partial charge in [0, 0.05) is 18.2 Å². The lowest BCUT2D eigenvalue weighted by atomic mass is 9.97. The summed E-state index contributed by atoms with van der Waals surface area (Å²) in [6, 6.07) is 18.0. The Labute approximate surface area is 165 Å². The van der Waals surface area contributed by atoms with Crippen molar-refractivity contribution in [1.29, 1.82) is 0 Å². The normalized spacial score (nSPS) is 11.2. The van der Waals surface area contributed by atoms with E-state index >= 15 is 0 Å². The van der Waals surface area contributed by atoms with E-state index in [1.165, 1.54) is 7.05 Å². The molecule has 1 amide bonds. The Morgan fingerprint density at radius 2 is 1.55 bits per heavy atom. The molecule has 3 aromatic carbocycles. The number of halogens is 3. The number of ether oxygens (including phenoxy) is 1. The maximum Gasteiger partial charge on any atom is 0.416 e. The van der Waals surface area contributed by atoms with Crippen LogP contribution in [0.2, 0.25) is 0 Å². The second-order valence-electron chi connectivity index (χ2n) is 6.41. The van der Waals surface area contributed by atoms with Gasteiger partial charge in [0.15, 0.2) is 5.75 Å². The number of para-hydroxylation sites is 1. The highest BCUT2D eigenvalue weighted by atomic mass is 19.4. The van der Waals surface area contributed by atoms with Crippen LogP contribution in [0.3, 0.4) is 0 Å². The fourth-order valence-electron chi connectivity index (χ4n) is 2.79. The van der Waals surface area contributed by atoms with E-state index in [4.69, 9.17) is 4.74 Å². The van der Waals surface area contributed by atoms with Crippen LogP contribution in [0.15, 0.2) is 72.8 Å². The number of hydrogen-bond acceptors (Lipinski definition) is 2. The van der Waals surface area contributed by atoms with Crippen LogP contribution in [0.4, 0.5) is 18.0 Å². The minimum absolute atomic E-state index is 0.0692. The number of amides is 1. The van der Waals surface area contributed by atoms with Crippen LogP contribution in [-0.4, -0.2) is 18.0 Å².